The molecule has 0 atom stereocenters. The molecule has 0 amide bonds. The van der Waals surface area contributed by atoms with Gasteiger partial charge in [-0.25, -0.2) is 4.98 Å². The highest BCUT2D eigenvalue weighted by Crippen LogP contribution is 2.28. The fourth-order valence-corrected chi connectivity index (χ4v) is 2.74. The number of halogens is 3. The van der Waals surface area contributed by atoms with Gasteiger partial charge in [-0.3, -0.25) is 4.90 Å². The van der Waals surface area contributed by atoms with Gasteiger partial charge >= 0.3 is 6.18 Å². The van der Waals surface area contributed by atoms with Crippen molar-refractivity contribution in [3.63, 3.8) is 0 Å². The minimum absolute atomic E-state index is 0.425. The van der Waals surface area contributed by atoms with Crippen molar-refractivity contribution in [3.05, 3.63) is 59.3 Å². The van der Waals surface area contributed by atoms with Crippen LogP contribution in [0.2, 0.25) is 0 Å². The van der Waals surface area contributed by atoms with E-state index in [0.29, 0.717) is 12.4 Å². The fraction of sp³-hybridized carbons (Fsp3) is 0.389. The normalized spacial score (nSPS) is 16.0. The number of ether oxygens (including phenoxy) is 1. The van der Waals surface area contributed by atoms with Crippen molar-refractivity contribution in [1.82, 2.24) is 9.88 Å². The van der Waals surface area contributed by atoms with E-state index in [1.54, 1.807) is 0 Å². The number of hydrogen-bond acceptors (Lipinski definition) is 4. The first-order valence-electron chi connectivity index (χ1n) is 8.16. The number of hydrogen-bond donors (Lipinski definition) is 1. The first-order valence-corrected chi connectivity index (χ1v) is 8.16. The zero-order chi connectivity index (χ0) is 17.7. The van der Waals surface area contributed by atoms with Gasteiger partial charge in [-0.15, -0.1) is 0 Å². The maximum atomic E-state index is 12.6. The molecule has 25 heavy (non-hydrogen) atoms. The van der Waals surface area contributed by atoms with Crippen LogP contribution in [0.1, 0.15) is 16.7 Å². The molecule has 134 valence electrons. The first kappa shape index (κ1) is 17.7. The Labute approximate surface area is 144 Å². The minimum Gasteiger partial charge on any atom is -0.379 e. The molecule has 7 heteroatoms. The van der Waals surface area contributed by atoms with Crippen LogP contribution in [0.5, 0.6) is 0 Å². The van der Waals surface area contributed by atoms with Crippen LogP contribution in [0.3, 0.4) is 0 Å². The van der Waals surface area contributed by atoms with Crippen LogP contribution < -0.4 is 5.32 Å². The molecule has 4 nitrogen and oxygen atoms in total. The van der Waals surface area contributed by atoms with Gasteiger partial charge in [0.15, 0.2) is 0 Å². The maximum Gasteiger partial charge on any atom is 0.417 e. The molecule has 0 bridgehead atoms. The molecule has 0 aliphatic carbocycles. The van der Waals surface area contributed by atoms with Gasteiger partial charge < -0.3 is 10.1 Å². The molecule has 1 aliphatic rings. The van der Waals surface area contributed by atoms with Gasteiger partial charge in [0.25, 0.3) is 0 Å². The summed E-state index contributed by atoms with van der Waals surface area (Å²) in [6.45, 7) is 4.65. The van der Waals surface area contributed by atoms with Gasteiger partial charge in [0.1, 0.15) is 5.82 Å². The lowest BCUT2D eigenvalue weighted by Gasteiger charge is -2.27. The summed E-state index contributed by atoms with van der Waals surface area (Å²) < 4.78 is 43.1. The van der Waals surface area contributed by atoms with E-state index < -0.39 is 11.7 Å². The van der Waals surface area contributed by atoms with Crippen molar-refractivity contribution in [2.24, 2.45) is 0 Å². The molecular weight excluding hydrogens is 331 g/mol. The molecule has 0 saturated carbocycles. The quantitative estimate of drug-likeness (QED) is 0.894. The smallest absolute Gasteiger partial charge is 0.379 e. The average molecular weight is 351 g/mol. The van der Waals surface area contributed by atoms with Crippen LogP contribution in [0, 0.1) is 0 Å². The van der Waals surface area contributed by atoms with Crippen molar-refractivity contribution in [3.8, 4) is 0 Å². The number of aromatic nitrogens is 1. The number of rotatable bonds is 5. The summed E-state index contributed by atoms with van der Waals surface area (Å²) in [6, 6.07) is 10.4. The molecule has 1 saturated heterocycles. The van der Waals surface area contributed by atoms with Crippen molar-refractivity contribution in [1.29, 1.82) is 0 Å². The lowest BCUT2D eigenvalue weighted by atomic mass is 10.1. The minimum atomic E-state index is -4.36. The van der Waals surface area contributed by atoms with Crippen LogP contribution in [-0.2, 0) is 24.0 Å². The van der Waals surface area contributed by atoms with Gasteiger partial charge in [-0.2, -0.15) is 13.2 Å². The molecule has 0 radical (unpaired) electrons. The molecule has 1 N–H and O–H groups in total. The average Bonchev–Trinajstić information content (AvgIpc) is 2.61. The van der Waals surface area contributed by atoms with E-state index in [1.807, 2.05) is 18.2 Å². The monoisotopic (exact) mass is 351 g/mol. The first-order chi connectivity index (χ1) is 12.0. The number of nitrogens with zero attached hydrogens (tertiary/aromatic N) is 2. The van der Waals surface area contributed by atoms with Crippen LogP contribution in [0.4, 0.5) is 19.0 Å². The molecule has 1 aromatic carbocycles. The third kappa shape index (κ3) is 4.93. The van der Waals surface area contributed by atoms with Crippen molar-refractivity contribution < 1.29 is 17.9 Å². The highest BCUT2D eigenvalue weighted by Gasteiger charge is 2.30. The van der Waals surface area contributed by atoms with E-state index in [-0.39, 0.29) is 0 Å². The Kier molecular flexibility index (Phi) is 5.55. The van der Waals surface area contributed by atoms with E-state index in [9.17, 15) is 13.2 Å². The molecule has 2 heterocycles. The van der Waals surface area contributed by atoms with Crippen LogP contribution in [0.15, 0.2) is 42.6 Å². The van der Waals surface area contributed by atoms with E-state index in [2.05, 4.69) is 21.3 Å². The van der Waals surface area contributed by atoms with Crippen LogP contribution >= 0.6 is 0 Å². The van der Waals surface area contributed by atoms with Gasteiger partial charge in [-0.1, -0.05) is 24.3 Å². The zero-order valence-electron chi connectivity index (χ0n) is 13.7. The maximum absolute atomic E-state index is 12.6. The number of morpholine rings is 1. The van der Waals surface area contributed by atoms with Gasteiger partial charge in [-0.05, 0) is 23.3 Å². The Bertz CT molecular complexity index is 683. The SMILES string of the molecule is FC(F)(F)c1ccc(NCc2ccccc2CN2CCOCC2)nc1. The molecule has 2 aromatic rings. The predicted octanol–water partition coefficient (Wildman–Crippen LogP) is 3.54. The number of alkyl halides is 3. The van der Waals surface area contributed by atoms with Gasteiger partial charge in [0.05, 0.1) is 18.8 Å². The van der Waals surface area contributed by atoms with Crippen LogP contribution in [-0.4, -0.2) is 36.2 Å². The summed E-state index contributed by atoms with van der Waals surface area (Å²) in [5.74, 6) is 0.425. The fourth-order valence-electron chi connectivity index (χ4n) is 2.74. The molecule has 1 aliphatic heterocycles. The third-order valence-corrected chi connectivity index (χ3v) is 4.17. The molecule has 3 rings (SSSR count). The Morgan fingerprint density at radius 1 is 1.04 bits per heavy atom. The Hall–Kier alpha value is -2.12. The topological polar surface area (TPSA) is 37.4 Å². The second kappa shape index (κ2) is 7.84. The van der Waals surface area contributed by atoms with E-state index in [1.165, 1.54) is 11.6 Å². The van der Waals surface area contributed by atoms with E-state index in [0.717, 1.165) is 50.7 Å². The number of nitrogens with one attached hydrogen (secondary N) is 1. The summed E-state index contributed by atoms with van der Waals surface area (Å²) in [5.41, 5.74) is 1.56. The third-order valence-electron chi connectivity index (χ3n) is 4.17. The lowest BCUT2D eigenvalue weighted by molar-refractivity contribution is -0.137. The molecule has 0 spiro atoms. The van der Waals surface area contributed by atoms with Crippen molar-refractivity contribution >= 4 is 5.82 Å². The lowest BCUT2D eigenvalue weighted by Crippen LogP contribution is -2.35. The largest absolute Gasteiger partial charge is 0.417 e. The Morgan fingerprint density at radius 2 is 1.76 bits per heavy atom. The van der Waals surface area contributed by atoms with E-state index >= 15 is 0 Å². The summed E-state index contributed by atoms with van der Waals surface area (Å²) >= 11 is 0. The second-order valence-electron chi connectivity index (χ2n) is 5.94. The molecule has 1 aromatic heterocycles. The number of benzene rings is 1. The Morgan fingerprint density at radius 3 is 2.40 bits per heavy atom. The van der Waals surface area contributed by atoms with E-state index in [4.69, 9.17) is 4.74 Å². The standard InChI is InChI=1S/C18H20F3N3O/c19-18(20,21)16-5-6-17(23-12-16)22-11-14-3-1-2-4-15(14)13-24-7-9-25-10-8-24/h1-6,12H,7-11,13H2,(H,22,23). The van der Waals surface area contributed by atoms with Crippen molar-refractivity contribution in [2.75, 3.05) is 31.6 Å². The van der Waals surface area contributed by atoms with Gasteiger partial charge in [0, 0.05) is 32.4 Å². The summed E-state index contributed by atoms with van der Waals surface area (Å²) in [7, 11) is 0. The van der Waals surface area contributed by atoms with Crippen molar-refractivity contribution in [2.45, 2.75) is 19.3 Å². The van der Waals surface area contributed by atoms with Crippen LogP contribution in [0.25, 0.3) is 0 Å². The molecule has 0 unspecified atom stereocenters. The number of pyridine rings is 1. The Balaban J connectivity index is 1.63. The zero-order valence-corrected chi connectivity index (χ0v) is 13.7. The predicted molar refractivity (Wildman–Crippen MR) is 89.1 cm³/mol. The summed E-state index contributed by atoms with van der Waals surface area (Å²) in [5, 5.41) is 3.10. The number of anilines is 1. The molecular formula is C18H20F3N3O. The van der Waals surface area contributed by atoms with Gasteiger partial charge in [0.2, 0.25) is 0 Å². The summed E-state index contributed by atoms with van der Waals surface area (Å²) in [4.78, 5) is 6.18. The highest BCUT2D eigenvalue weighted by molar-refractivity contribution is 5.38. The molecule has 1 fully saturated rings. The summed E-state index contributed by atoms with van der Waals surface area (Å²) in [6.07, 6.45) is -3.52. The second-order valence-corrected chi connectivity index (χ2v) is 5.94. The highest BCUT2D eigenvalue weighted by atomic mass is 19.4.